The smallest absolute Gasteiger partial charge is 0.132 e. The number of rotatable bonds is 8. The molecule has 1 N–H and O–H groups in total. The Balaban J connectivity index is 0.000000924. The van der Waals surface area contributed by atoms with Crippen LogP contribution in [0.5, 0.6) is 11.5 Å². The molecule has 0 radical (unpaired) electrons. The van der Waals surface area contributed by atoms with E-state index < -0.39 is 5.41 Å². The van der Waals surface area contributed by atoms with Crippen LogP contribution in [0.4, 0.5) is 0 Å². The van der Waals surface area contributed by atoms with Crippen molar-refractivity contribution in [1.82, 2.24) is 5.32 Å². The molecule has 2 nitrogen and oxygen atoms in total. The van der Waals surface area contributed by atoms with E-state index >= 15 is 0 Å². The van der Waals surface area contributed by atoms with Gasteiger partial charge in [-0.2, -0.15) is 0 Å². The Morgan fingerprint density at radius 3 is 1.62 bits per heavy atom. The van der Waals surface area contributed by atoms with Crippen LogP contribution in [0.2, 0.25) is 0 Å². The van der Waals surface area contributed by atoms with Crippen molar-refractivity contribution < 1.29 is 4.74 Å². The van der Waals surface area contributed by atoms with E-state index in [2.05, 4.69) is 224 Å². The van der Waals surface area contributed by atoms with Gasteiger partial charge in [0, 0.05) is 23.4 Å². The molecule has 1 heterocycles. The topological polar surface area (TPSA) is 21.3 Å². The van der Waals surface area contributed by atoms with Gasteiger partial charge in [0.05, 0.1) is 5.41 Å². The number of nitrogens with one attached hydrogen (secondary N) is 1. The number of benzene rings is 9. The zero-order valence-electron chi connectivity index (χ0n) is 38.6. The van der Waals surface area contributed by atoms with Crippen molar-refractivity contribution in [3.8, 4) is 44.9 Å². The molecule has 1 spiro atoms. The van der Waals surface area contributed by atoms with Crippen LogP contribution in [0.15, 0.2) is 218 Å². The molecule has 322 valence electrons. The maximum atomic E-state index is 6.62. The van der Waals surface area contributed by atoms with Gasteiger partial charge in [-0.15, -0.1) is 0 Å². The van der Waals surface area contributed by atoms with Gasteiger partial charge >= 0.3 is 0 Å². The van der Waals surface area contributed by atoms with Crippen LogP contribution in [-0.4, -0.2) is 0 Å². The molecular formula is C63H59NO. The Morgan fingerprint density at radius 2 is 0.938 bits per heavy atom. The third-order valence-corrected chi connectivity index (χ3v) is 12.2. The molecule has 9 aromatic carbocycles. The summed E-state index contributed by atoms with van der Waals surface area (Å²) in [4.78, 5) is 0. The monoisotopic (exact) mass is 845 g/mol. The van der Waals surface area contributed by atoms with Crippen molar-refractivity contribution in [2.75, 3.05) is 0 Å². The average molecular weight is 846 g/mol. The molecule has 0 fully saturated rings. The highest BCUT2D eigenvalue weighted by atomic mass is 16.5. The maximum absolute atomic E-state index is 6.62. The average Bonchev–Trinajstić information content (AvgIpc) is 3.66. The molecule has 0 amide bonds. The van der Waals surface area contributed by atoms with Crippen molar-refractivity contribution in [1.29, 1.82) is 0 Å². The van der Waals surface area contributed by atoms with Crippen LogP contribution in [0.25, 0.3) is 49.9 Å². The predicted octanol–water partition coefficient (Wildman–Crippen LogP) is 17.1. The Kier molecular flexibility index (Phi) is 13.9. The van der Waals surface area contributed by atoms with Crippen LogP contribution >= 0.6 is 0 Å². The fourth-order valence-electron chi connectivity index (χ4n) is 9.40. The lowest BCUT2D eigenvalue weighted by molar-refractivity contribution is 0.436. The van der Waals surface area contributed by atoms with Crippen molar-refractivity contribution in [2.24, 2.45) is 0 Å². The molecule has 2 aliphatic rings. The minimum Gasteiger partial charge on any atom is -0.457 e. The summed E-state index contributed by atoms with van der Waals surface area (Å²) < 4.78 is 6.62. The van der Waals surface area contributed by atoms with E-state index in [4.69, 9.17) is 4.74 Å². The summed E-state index contributed by atoms with van der Waals surface area (Å²) in [5, 5.41) is 6.30. The molecule has 0 bridgehead atoms. The number of fused-ring (bicyclic) bond motifs is 10. The van der Waals surface area contributed by atoms with Gasteiger partial charge < -0.3 is 10.1 Å². The first-order valence-electron chi connectivity index (χ1n) is 23.5. The van der Waals surface area contributed by atoms with Crippen LogP contribution in [0, 0.1) is 0 Å². The van der Waals surface area contributed by atoms with E-state index in [9.17, 15) is 0 Å². The normalized spacial score (nSPS) is 12.3. The summed E-state index contributed by atoms with van der Waals surface area (Å²) in [6, 6.07) is 77.0. The molecule has 0 atom stereocenters. The minimum absolute atomic E-state index is 0.517. The van der Waals surface area contributed by atoms with Crippen LogP contribution < -0.4 is 10.1 Å². The van der Waals surface area contributed by atoms with Crippen LogP contribution in [0.3, 0.4) is 0 Å². The zero-order chi connectivity index (χ0) is 45.2. The first-order valence-corrected chi connectivity index (χ1v) is 23.5. The van der Waals surface area contributed by atoms with Crippen LogP contribution in [0.1, 0.15) is 80.5 Å². The van der Waals surface area contributed by atoms with E-state index in [1.807, 2.05) is 41.5 Å². The van der Waals surface area contributed by atoms with Crippen molar-refractivity contribution >= 4 is 16.5 Å². The summed E-state index contributed by atoms with van der Waals surface area (Å²) in [6.07, 6.45) is 3.15. The SMILES string of the molecule is C(/Cc1ccc(-c2ccccc2)cc1)=C(/NCc1ccccc1)c1cccc(-c2ccc3c(c2)-c2cc4ccccc4cc2C32c3ccccc3Oc3ccccc32)c1.CC.CC.CC. The standard InChI is InChI=1S/C57H41NO.3C2H6/c1-3-14-40(15-4-1)38-58-54(33-28-39-26-29-42(30-27-39)41-16-5-2-6-17-41)47-21-13-20-43(34-47)46-31-32-50-48(36-46)49-35-44-18-7-8-19-45(44)37-53(49)57(50)51-22-9-11-24-55(51)59-56-25-12-10-23-52(56)57;3*1-2/h1-27,29-37,58H,28,38H2;3*1-2H3/b54-33-;;;. The summed E-state index contributed by atoms with van der Waals surface area (Å²) in [7, 11) is 0. The fourth-order valence-corrected chi connectivity index (χ4v) is 9.40. The third kappa shape index (κ3) is 8.53. The molecule has 0 saturated heterocycles. The summed E-state index contributed by atoms with van der Waals surface area (Å²) in [5.74, 6) is 1.81. The number of hydrogen-bond donors (Lipinski definition) is 1. The van der Waals surface area contributed by atoms with Gasteiger partial charge in [0.1, 0.15) is 11.5 Å². The Morgan fingerprint density at radius 1 is 0.415 bits per heavy atom. The van der Waals surface area contributed by atoms with Gasteiger partial charge in [0.25, 0.3) is 0 Å². The largest absolute Gasteiger partial charge is 0.457 e. The predicted molar refractivity (Wildman–Crippen MR) is 278 cm³/mol. The van der Waals surface area contributed by atoms with Crippen LogP contribution in [-0.2, 0) is 18.4 Å². The second-order valence-corrected chi connectivity index (χ2v) is 15.7. The number of allylic oxidation sites excluding steroid dienone is 1. The molecule has 1 aliphatic carbocycles. The third-order valence-electron chi connectivity index (χ3n) is 12.2. The summed E-state index contributed by atoms with van der Waals surface area (Å²) >= 11 is 0. The molecule has 65 heavy (non-hydrogen) atoms. The van der Waals surface area contributed by atoms with Gasteiger partial charge in [-0.25, -0.2) is 0 Å². The first kappa shape index (κ1) is 44.2. The van der Waals surface area contributed by atoms with Crippen molar-refractivity contribution in [3.63, 3.8) is 0 Å². The number of hydrogen-bond acceptors (Lipinski definition) is 2. The van der Waals surface area contributed by atoms with Crippen molar-refractivity contribution in [2.45, 2.75) is 59.9 Å². The van der Waals surface area contributed by atoms with E-state index in [0.717, 1.165) is 35.7 Å². The Labute approximate surface area is 387 Å². The number of para-hydroxylation sites is 2. The van der Waals surface area contributed by atoms with Gasteiger partial charge in [-0.1, -0.05) is 224 Å². The quantitative estimate of drug-likeness (QED) is 0.164. The maximum Gasteiger partial charge on any atom is 0.132 e. The Hall–Kier alpha value is -7.42. The second kappa shape index (κ2) is 20.4. The van der Waals surface area contributed by atoms with Gasteiger partial charge in [-0.05, 0) is 115 Å². The molecule has 11 rings (SSSR count). The highest BCUT2D eigenvalue weighted by molar-refractivity contribution is 5.98. The molecule has 0 aromatic heterocycles. The molecule has 0 saturated carbocycles. The zero-order valence-corrected chi connectivity index (χ0v) is 38.6. The highest BCUT2D eigenvalue weighted by Gasteiger charge is 2.51. The van der Waals surface area contributed by atoms with E-state index in [1.165, 1.54) is 77.5 Å². The van der Waals surface area contributed by atoms with E-state index in [1.54, 1.807) is 0 Å². The van der Waals surface area contributed by atoms with E-state index in [-0.39, 0.29) is 0 Å². The second-order valence-electron chi connectivity index (χ2n) is 15.7. The molecule has 9 aromatic rings. The van der Waals surface area contributed by atoms with Gasteiger partial charge in [0.15, 0.2) is 0 Å². The molecule has 0 unspecified atom stereocenters. The van der Waals surface area contributed by atoms with Crippen molar-refractivity contribution in [3.05, 3.63) is 257 Å². The molecule has 2 heteroatoms. The lowest BCUT2D eigenvalue weighted by atomic mass is 9.66. The number of ether oxygens (including phenoxy) is 1. The van der Waals surface area contributed by atoms with Gasteiger partial charge in [0.2, 0.25) is 0 Å². The lowest BCUT2D eigenvalue weighted by Gasteiger charge is -2.39. The highest BCUT2D eigenvalue weighted by Crippen LogP contribution is 2.62. The minimum atomic E-state index is -0.517. The molecule has 1 aliphatic heterocycles. The first-order chi connectivity index (χ1) is 32.2. The lowest BCUT2D eigenvalue weighted by Crippen LogP contribution is -2.32. The fraction of sp³-hybridized carbons (Fsp3) is 0.143. The molecular weight excluding hydrogens is 787 g/mol. The van der Waals surface area contributed by atoms with Gasteiger partial charge in [-0.3, -0.25) is 0 Å². The summed E-state index contributed by atoms with van der Waals surface area (Å²) in [6.45, 7) is 12.7. The Bertz CT molecular complexity index is 2990. The van der Waals surface area contributed by atoms with E-state index in [0.29, 0.717) is 0 Å². The summed E-state index contributed by atoms with van der Waals surface area (Å²) in [5.41, 5.74) is 16.6.